The first-order chi connectivity index (χ1) is 27.5. The van der Waals surface area contributed by atoms with Crippen LogP contribution in [0, 0.1) is 11.3 Å². The van der Waals surface area contributed by atoms with Crippen LogP contribution in [0.5, 0.6) is 0 Å². The highest BCUT2D eigenvalue weighted by Gasteiger charge is 2.50. The Balaban J connectivity index is 1.09. The smallest absolute Gasteiger partial charge is 0.455 e. The van der Waals surface area contributed by atoms with Crippen molar-refractivity contribution in [2.24, 2.45) is 5.73 Å². The van der Waals surface area contributed by atoms with E-state index in [1.165, 1.54) is 23.2 Å². The van der Waals surface area contributed by atoms with Crippen molar-refractivity contribution in [2.45, 2.75) is 61.9 Å². The maximum Gasteiger partial charge on any atom is 0.472 e. The van der Waals surface area contributed by atoms with E-state index >= 15 is 0 Å². The van der Waals surface area contributed by atoms with Crippen molar-refractivity contribution in [3.05, 3.63) is 64.2 Å². The Morgan fingerprint density at radius 1 is 1.07 bits per heavy atom. The Morgan fingerprint density at radius 2 is 1.84 bits per heavy atom. The number of phosphoric acid groups is 2. The molecule has 0 bridgehead atoms. The number of aliphatic hydroxyl groups is 1. The van der Waals surface area contributed by atoms with Crippen LogP contribution in [-0.2, 0) is 48.1 Å². The summed E-state index contributed by atoms with van der Waals surface area (Å²) in [7, 11) is -10.2. The van der Waals surface area contributed by atoms with Gasteiger partial charge in [0.15, 0.2) is 28.8 Å². The second-order valence-corrected chi connectivity index (χ2v) is 16.6. The van der Waals surface area contributed by atoms with E-state index in [2.05, 4.69) is 29.4 Å². The molecule has 2 aliphatic rings. The van der Waals surface area contributed by atoms with Gasteiger partial charge in [-0.25, -0.2) is 33.9 Å². The van der Waals surface area contributed by atoms with Crippen molar-refractivity contribution in [1.29, 1.82) is 5.26 Å². The van der Waals surface area contributed by atoms with E-state index in [9.17, 15) is 43.8 Å². The molecular formula is C30H33N11O14P2S. The molecule has 1 aromatic carbocycles. The molecule has 0 radical (unpaired) electrons. The normalized spacial score (nSPS) is 25.1. The number of aliphatic hydroxyl groups excluding tert-OH is 1. The molecule has 2 fully saturated rings. The number of benzene rings is 1. The van der Waals surface area contributed by atoms with Crippen LogP contribution >= 0.6 is 27.0 Å². The summed E-state index contributed by atoms with van der Waals surface area (Å²) < 4.78 is 60.4. The summed E-state index contributed by atoms with van der Waals surface area (Å²) in [6, 6.07) is 7.05. The van der Waals surface area contributed by atoms with Gasteiger partial charge in [0.25, 0.3) is 0 Å². The van der Waals surface area contributed by atoms with Crippen molar-refractivity contribution in [2.75, 3.05) is 24.7 Å². The van der Waals surface area contributed by atoms with Crippen LogP contribution in [0.25, 0.3) is 21.4 Å². The third kappa shape index (κ3) is 9.07. The number of anilines is 2. The summed E-state index contributed by atoms with van der Waals surface area (Å²) in [5.74, 6) is -1.07. The second kappa shape index (κ2) is 16.4. The van der Waals surface area contributed by atoms with Gasteiger partial charge < -0.3 is 51.2 Å². The number of aromatic nitrogens is 7. The van der Waals surface area contributed by atoms with E-state index in [1.54, 1.807) is 18.2 Å². The third-order valence-corrected chi connectivity index (χ3v) is 11.4. The molecule has 5 aromatic rings. The third-order valence-electron chi connectivity index (χ3n) is 8.95. The van der Waals surface area contributed by atoms with Crippen molar-refractivity contribution >= 4 is 66.0 Å². The lowest BCUT2D eigenvalue weighted by Crippen LogP contribution is -2.43. The van der Waals surface area contributed by atoms with Crippen molar-refractivity contribution in [1.82, 2.24) is 34.1 Å². The maximum absolute atomic E-state index is 13.4. The number of thiazole rings is 1. The van der Waals surface area contributed by atoms with Gasteiger partial charge >= 0.3 is 27.3 Å². The molecule has 10 N–H and O–H groups in total. The van der Waals surface area contributed by atoms with E-state index in [-0.39, 0.29) is 40.6 Å². The number of fused-ring (bicyclic) bond motifs is 2. The lowest BCUT2D eigenvalue weighted by molar-refractivity contribution is -0.158. The summed E-state index contributed by atoms with van der Waals surface area (Å²) in [4.78, 5) is 75.3. The van der Waals surface area contributed by atoms with Crippen molar-refractivity contribution in [3.8, 4) is 6.07 Å². The number of ether oxygens (including phenoxy) is 3. The monoisotopic (exact) mass is 865 g/mol. The van der Waals surface area contributed by atoms with E-state index in [0.29, 0.717) is 15.8 Å². The molecule has 0 aliphatic carbocycles. The van der Waals surface area contributed by atoms with Gasteiger partial charge in [0.2, 0.25) is 0 Å². The quantitative estimate of drug-likeness (QED) is 0.0539. The van der Waals surface area contributed by atoms with Gasteiger partial charge in [0.05, 0.1) is 29.8 Å². The molecule has 9 atom stereocenters. The molecule has 58 heavy (non-hydrogen) atoms. The van der Waals surface area contributed by atoms with Gasteiger partial charge in [-0.1, -0.05) is 6.07 Å². The number of nitrogens with two attached hydrogens (primary N) is 3. The number of imidazole rings is 1. The molecule has 0 amide bonds. The second-order valence-electron chi connectivity index (χ2n) is 12.9. The lowest BCUT2D eigenvalue weighted by Gasteiger charge is -2.24. The molecule has 2 aliphatic heterocycles. The summed E-state index contributed by atoms with van der Waals surface area (Å²) in [6.45, 7) is -1.70. The molecule has 2 unspecified atom stereocenters. The number of hydrogen-bond donors (Lipinski definition) is 7. The predicted octanol–water partition coefficient (Wildman–Crippen LogP) is -0.632. The fourth-order valence-electron chi connectivity index (χ4n) is 6.30. The maximum atomic E-state index is 13.4. The highest BCUT2D eigenvalue weighted by atomic mass is 32.1. The average molecular weight is 866 g/mol. The minimum absolute atomic E-state index is 0.0176. The van der Waals surface area contributed by atoms with Gasteiger partial charge in [-0.15, -0.1) is 11.3 Å². The zero-order valence-electron chi connectivity index (χ0n) is 29.5. The molecule has 4 aromatic heterocycles. The van der Waals surface area contributed by atoms with Gasteiger partial charge in [-0.2, -0.15) is 10.2 Å². The lowest BCUT2D eigenvalue weighted by atomic mass is 10.1. The van der Waals surface area contributed by atoms with E-state index in [1.807, 2.05) is 6.07 Å². The predicted molar refractivity (Wildman–Crippen MR) is 196 cm³/mol. The SMILES string of the molecule is N#Cc1nc2ccc(C[C@H](N)C(=O)O[C@H]3C(O)[C@H](n4cnc5c(N)ncnc54)O[C@@H]3COP(=O)(O)O[C@H]3C[C@H](n4ccc(N)nc4=O)O[C@@H]3COP(=O)(O)O)cc2s1. The number of carbonyl (C=O) groups excluding carboxylic acids is 1. The number of phosphoric ester groups is 2. The van der Waals surface area contributed by atoms with Gasteiger partial charge in [0, 0.05) is 12.6 Å². The van der Waals surface area contributed by atoms with E-state index in [4.69, 9.17) is 40.5 Å². The van der Waals surface area contributed by atoms with Gasteiger partial charge in [0.1, 0.15) is 60.4 Å². The number of hydrogen-bond acceptors (Lipinski definition) is 21. The zero-order chi connectivity index (χ0) is 41.5. The summed E-state index contributed by atoms with van der Waals surface area (Å²) >= 11 is 1.16. The van der Waals surface area contributed by atoms with Crippen molar-refractivity contribution < 1.29 is 61.5 Å². The number of esters is 1. The fourth-order valence-corrected chi connectivity index (χ4v) is 8.43. The molecule has 25 nitrogen and oxygen atoms in total. The standard InChI is InChI=1S/C30H33N11O14P2S/c31-8-21-38-15-2-1-13(6-19(15)58-21)5-14(32)29(43)54-25-18(53-28(24(25)42)41-12-37-23-26(34)35-11-36-27(23)41)10-51-57(48,49)55-16-7-22(40-4-3-20(33)39-30(40)44)52-17(16)9-50-56(45,46)47/h1-4,6,11-12,14,16-18,22,24-25,28,42H,5,7,9-10,32H2,(H,48,49)(H2,33,39,44)(H2,34,35,36)(H2,45,46,47)/t14-,16-,17+,18+,22+,24?,25+,28+/m0/s1. The minimum atomic E-state index is -5.19. The first-order valence-corrected chi connectivity index (χ1v) is 20.7. The molecule has 0 spiro atoms. The molecule has 0 saturated carbocycles. The Morgan fingerprint density at radius 3 is 2.59 bits per heavy atom. The van der Waals surface area contributed by atoms with Crippen LogP contribution in [0.2, 0.25) is 0 Å². The first kappa shape index (κ1) is 41.3. The van der Waals surface area contributed by atoms with Crippen LogP contribution in [-0.4, -0.2) is 110 Å². The van der Waals surface area contributed by atoms with E-state index < -0.39 is 89.5 Å². The number of nitrogen functional groups attached to an aromatic ring is 2. The zero-order valence-corrected chi connectivity index (χ0v) is 32.1. The van der Waals surface area contributed by atoms with Gasteiger partial charge in [-0.05, 0) is 30.2 Å². The molecule has 6 heterocycles. The summed E-state index contributed by atoms with van der Waals surface area (Å²) in [5.41, 5.74) is 18.4. The molecule has 308 valence electrons. The molecular weight excluding hydrogens is 832 g/mol. The van der Waals surface area contributed by atoms with Crippen LogP contribution in [0.4, 0.5) is 11.6 Å². The van der Waals surface area contributed by atoms with Crippen molar-refractivity contribution in [3.63, 3.8) is 0 Å². The van der Waals surface area contributed by atoms with Crippen LogP contribution in [0.15, 0.2) is 47.9 Å². The fraction of sp³-hybridized carbons (Fsp3) is 0.400. The first-order valence-electron chi connectivity index (χ1n) is 16.9. The van der Waals surface area contributed by atoms with Gasteiger partial charge in [-0.3, -0.25) is 27.5 Å². The molecule has 2 saturated heterocycles. The highest BCUT2D eigenvalue weighted by Crippen LogP contribution is 2.50. The summed E-state index contributed by atoms with van der Waals surface area (Å²) in [5, 5.41) is 21.0. The Bertz CT molecular complexity index is 2550. The minimum Gasteiger partial charge on any atom is -0.455 e. The van der Waals surface area contributed by atoms with Crippen LogP contribution < -0.4 is 22.9 Å². The summed E-state index contributed by atoms with van der Waals surface area (Å²) in [6.07, 6.45) is -6.97. The largest absolute Gasteiger partial charge is 0.472 e. The average Bonchev–Trinajstić information content (AvgIpc) is 3.94. The molecule has 7 rings (SSSR count). The Hall–Kier alpha value is -4.84. The van der Waals surface area contributed by atoms with Crippen LogP contribution in [0.3, 0.4) is 0 Å². The highest BCUT2D eigenvalue weighted by molar-refractivity contribution is 7.47. The van der Waals surface area contributed by atoms with E-state index in [0.717, 1.165) is 22.2 Å². The number of rotatable bonds is 14. The Labute approximate surface area is 328 Å². The molecule has 28 heteroatoms. The Kier molecular flexibility index (Phi) is 11.7. The number of nitrogens with zero attached hydrogens (tertiary/aromatic N) is 8. The number of carbonyl (C=O) groups is 1. The number of nitriles is 1. The van der Waals surface area contributed by atoms with Crippen LogP contribution in [0.1, 0.15) is 29.4 Å². The topological polar surface area (TPSA) is 381 Å².